The van der Waals surface area contributed by atoms with Gasteiger partial charge < -0.3 is 4.57 Å². The van der Waals surface area contributed by atoms with Crippen LogP contribution < -0.4 is 22.5 Å². The minimum absolute atomic E-state index is 0.270. The molecule has 0 bridgehead atoms. The molecule has 0 saturated carbocycles. The van der Waals surface area contributed by atoms with Gasteiger partial charge >= 0.3 is 251 Å². The van der Waals surface area contributed by atoms with Crippen LogP contribution in [0.4, 0.5) is 25.8 Å². The van der Waals surface area contributed by atoms with Gasteiger partial charge in [0.15, 0.2) is 0 Å². The van der Waals surface area contributed by atoms with Crippen LogP contribution in [0.3, 0.4) is 0 Å². The summed E-state index contributed by atoms with van der Waals surface area (Å²) in [5, 5.41) is 2.15. The second-order valence-electron chi connectivity index (χ2n) is 14.8. The number of rotatable bonds is 9. The summed E-state index contributed by atoms with van der Waals surface area (Å²) in [5.74, 6) is -0.557. The van der Waals surface area contributed by atoms with Gasteiger partial charge in [-0.3, -0.25) is 0 Å². The standard InChI is InChI=1S/C54H38F2GeN2/c55-41-24-32-48(33-25-41)58(50-36-37-54-52(38-50)51-18-10-11-19-53(51)59(54)49-34-26-42(56)27-35-49)47-30-22-40(23-31-47)39-20-28-46(29-21-39)57(43-12-4-1-5-13-43,44-14-6-2-7-15-44)45-16-8-3-9-17-45/h1-38H. The van der Waals surface area contributed by atoms with E-state index in [1.807, 2.05) is 36.4 Å². The third kappa shape index (κ3) is 6.52. The van der Waals surface area contributed by atoms with Crippen molar-refractivity contribution in [2.75, 3.05) is 4.90 Å². The Kier molecular flexibility index (Phi) is 9.48. The zero-order chi connectivity index (χ0) is 39.8. The molecule has 1 aromatic heterocycles. The Morgan fingerprint density at radius 2 is 0.746 bits per heavy atom. The molecule has 59 heavy (non-hydrogen) atoms. The predicted octanol–water partition coefficient (Wildman–Crippen LogP) is 11.6. The van der Waals surface area contributed by atoms with Crippen LogP contribution in [-0.4, -0.2) is 17.8 Å². The van der Waals surface area contributed by atoms with E-state index < -0.39 is 13.3 Å². The maximum absolute atomic E-state index is 14.3. The van der Waals surface area contributed by atoms with Crippen LogP contribution in [0.1, 0.15) is 0 Å². The molecule has 0 unspecified atom stereocenters. The summed E-state index contributed by atoms with van der Waals surface area (Å²) in [6, 6.07) is 78.9. The van der Waals surface area contributed by atoms with E-state index >= 15 is 0 Å². The average Bonchev–Trinajstić information content (AvgIpc) is 3.63. The number of fused-ring (bicyclic) bond motifs is 3. The number of nitrogens with zero attached hydrogens (tertiary/aromatic N) is 2. The van der Waals surface area contributed by atoms with Gasteiger partial charge in [0, 0.05) is 11.1 Å². The van der Waals surface area contributed by atoms with Crippen LogP contribution in [0.15, 0.2) is 231 Å². The molecular formula is C54H38F2GeN2. The molecule has 0 N–H and O–H groups in total. The first-order valence-electron chi connectivity index (χ1n) is 19.8. The number of benzene rings is 9. The van der Waals surface area contributed by atoms with Crippen LogP contribution in [0.5, 0.6) is 0 Å². The summed E-state index contributed by atoms with van der Waals surface area (Å²) in [7, 11) is 0. The van der Waals surface area contributed by atoms with Gasteiger partial charge in [-0.05, 0) is 30.3 Å². The van der Waals surface area contributed by atoms with Gasteiger partial charge in [0.1, 0.15) is 11.6 Å². The molecule has 0 aliphatic rings. The number of halogens is 2. The third-order valence-electron chi connectivity index (χ3n) is 11.5. The van der Waals surface area contributed by atoms with Crippen molar-refractivity contribution in [3.63, 3.8) is 0 Å². The summed E-state index contributed by atoms with van der Waals surface area (Å²) in [5.41, 5.74) is 7.91. The first kappa shape index (κ1) is 36.3. The van der Waals surface area contributed by atoms with Gasteiger partial charge in [-0.2, -0.15) is 0 Å². The van der Waals surface area contributed by atoms with E-state index in [-0.39, 0.29) is 11.6 Å². The van der Waals surface area contributed by atoms with Gasteiger partial charge in [0.05, 0.1) is 11.0 Å². The maximum atomic E-state index is 14.3. The topological polar surface area (TPSA) is 8.17 Å². The van der Waals surface area contributed by atoms with E-state index in [0.717, 1.165) is 55.7 Å². The number of anilines is 3. The van der Waals surface area contributed by atoms with Gasteiger partial charge in [-0.1, -0.05) is 18.2 Å². The van der Waals surface area contributed by atoms with Crippen molar-refractivity contribution >= 4 is 69.7 Å². The summed E-state index contributed by atoms with van der Waals surface area (Å²) >= 11 is -3.37. The number of hydrogen-bond acceptors (Lipinski definition) is 1. The van der Waals surface area contributed by atoms with E-state index in [1.54, 1.807) is 0 Å². The molecule has 0 atom stereocenters. The Morgan fingerprint density at radius 1 is 0.339 bits per heavy atom. The summed E-state index contributed by atoms with van der Waals surface area (Å²) in [6.07, 6.45) is 0. The molecule has 1 heterocycles. The molecule has 0 fully saturated rings. The van der Waals surface area contributed by atoms with Crippen LogP contribution in [-0.2, 0) is 0 Å². The first-order chi connectivity index (χ1) is 29.1. The molecule has 9 aromatic carbocycles. The molecule has 2 nitrogen and oxygen atoms in total. The fourth-order valence-electron chi connectivity index (χ4n) is 8.79. The third-order valence-corrected chi connectivity index (χ3v) is 21.5. The summed E-state index contributed by atoms with van der Waals surface area (Å²) < 4.78 is 36.0. The molecule has 0 aliphatic heterocycles. The molecule has 0 aliphatic carbocycles. The fourth-order valence-corrected chi connectivity index (χ4v) is 18.7. The molecule has 10 aromatic rings. The van der Waals surface area contributed by atoms with Crippen molar-refractivity contribution in [3.05, 3.63) is 242 Å². The second kappa shape index (κ2) is 15.4. The quantitative estimate of drug-likeness (QED) is 0.132. The minimum atomic E-state index is -3.37. The monoisotopic (exact) mass is 826 g/mol. The van der Waals surface area contributed by atoms with Crippen LogP contribution >= 0.6 is 0 Å². The van der Waals surface area contributed by atoms with E-state index in [2.05, 4.69) is 179 Å². The zero-order valence-corrected chi connectivity index (χ0v) is 34.2. The SMILES string of the molecule is Fc1ccc(N(c2ccc(-c3cc[c]([Ge]([c]4ccccc4)([c]4ccccc4)[c]4ccccc4)cc3)cc2)c2ccc3c(c2)c2ccccc2n3-c2ccc(F)cc2)cc1. The summed E-state index contributed by atoms with van der Waals surface area (Å²) in [4.78, 5) is 2.16. The first-order valence-corrected chi connectivity index (χ1v) is 24.0. The number of hydrogen-bond donors (Lipinski definition) is 0. The summed E-state index contributed by atoms with van der Waals surface area (Å²) in [6.45, 7) is 0. The Morgan fingerprint density at radius 3 is 1.29 bits per heavy atom. The van der Waals surface area contributed by atoms with Crippen LogP contribution in [0, 0.1) is 11.6 Å². The van der Waals surface area contributed by atoms with E-state index in [4.69, 9.17) is 0 Å². The average molecular weight is 826 g/mol. The molecular weight excluding hydrogens is 787 g/mol. The molecule has 282 valence electrons. The van der Waals surface area contributed by atoms with Crippen LogP contribution in [0.2, 0.25) is 0 Å². The van der Waals surface area contributed by atoms with Gasteiger partial charge in [-0.25, -0.2) is 8.78 Å². The Bertz CT molecular complexity index is 2920. The molecule has 0 amide bonds. The van der Waals surface area contributed by atoms with Gasteiger partial charge in [0.2, 0.25) is 0 Å². The molecule has 0 radical (unpaired) electrons. The van der Waals surface area contributed by atoms with Crippen molar-refractivity contribution in [3.8, 4) is 16.8 Å². The van der Waals surface area contributed by atoms with Crippen LogP contribution in [0.25, 0.3) is 38.6 Å². The predicted molar refractivity (Wildman–Crippen MR) is 244 cm³/mol. The zero-order valence-electron chi connectivity index (χ0n) is 32.1. The van der Waals surface area contributed by atoms with Crippen molar-refractivity contribution < 1.29 is 8.78 Å². The van der Waals surface area contributed by atoms with E-state index in [1.165, 1.54) is 41.8 Å². The van der Waals surface area contributed by atoms with E-state index in [9.17, 15) is 8.78 Å². The molecule has 5 heteroatoms. The van der Waals surface area contributed by atoms with Gasteiger partial charge in [-0.15, -0.1) is 0 Å². The second-order valence-corrected chi connectivity index (χ2v) is 22.8. The molecule has 0 saturated heterocycles. The molecule has 0 spiro atoms. The van der Waals surface area contributed by atoms with E-state index in [0.29, 0.717) is 0 Å². The number of aromatic nitrogens is 1. The normalized spacial score (nSPS) is 11.6. The fraction of sp³-hybridized carbons (Fsp3) is 0. The Labute approximate surface area is 345 Å². The van der Waals surface area contributed by atoms with Crippen molar-refractivity contribution in [2.45, 2.75) is 0 Å². The Hall–Kier alpha value is -7.02. The van der Waals surface area contributed by atoms with Crippen molar-refractivity contribution in [2.24, 2.45) is 0 Å². The Balaban J connectivity index is 1.05. The molecule has 10 rings (SSSR count). The number of para-hydroxylation sites is 1. The van der Waals surface area contributed by atoms with Gasteiger partial charge in [0.25, 0.3) is 0 Å². The van der Waals surface area contributed by atoms with Crippen molar-refractivity contribution in [1.82, 2.24) is 4.57 Å². The van der Waals surface area contributed by atoms with Crippen molar-refractivity contribution in [1.29, 1.82) is 0 Å².